The molecule has 2 N–H and O–H groups in total. The molecule has 2 rings (SSSR count). The molecule has 0 unspecified atom stereocenters. The number of methoxy groups -OCH3 is 1. The second kappa shape index (κ2) is 7.23. The van der Waals surface area contributed by atoms with Gasteiger partial charge in [0.05, 0.1) is 0 Å². The molecule has 0 bridgehead atoms. The van der Waals surface area contributed by atoms with Crippen LogP contribution in [0.5, 0.6) is 0 Å². The van der Waals surface area contributed by atoms with Gasteiger partial charge in [0.1, 0.15) is 0 Å². The van der Waals surface area contributed by atoms with E-state index in [4.69, 9.17) is 9.47 Å². The van der Waals surface area contributed by atoms with Crippen molar-refractivity contribution < 1.29 is 19.7 Å². The third kappa shape index (κ3) is 3.67. The summed E-state index contributed by atoms with van der Waals surface area (Å²) < 4.78 is 12.8. The molecule has 5 heteroatoms. The number of benzene rings is 1. The van der Waals surface area contributed by atoms with Gasteiger partial charge in [-0.2, -0.15) is 0 Å². The summed E-state index contributed by atoms with van der Waals surface area (Å²) in [6, 6.07) is 10.4. The summed E-state index contributed by atoms with van der Waals surface area (Å²) >= 11 is 0.295. The van der Waals surface area contributed by atoms with Crippen LogP contribution in [0.2, 0.25) is 5.32 Å². The van der Waals surface area contributed by atoms with Gasteiger partial charge in [0, 0.05) is 0 Å². The summed E-state index contributed by atoms with van der Waals surface area (Å²) in [5.74, 6) is 0. The van der Waals surface area contributed by atoms with Crippen LogP contribution in [0.15, 0.2) is 30.3 Å². The van der Waals surface area contributed by atoms with E-state index in [1.54, 1.807) is 7.11 Å². The molecular formula is C16H24O4Se. The Morgan fingerprint density at radius 3 is 2.52 bits per heavy atom. The van der Waals surface area contributed by atoms with E-state index < -0.39 is 12.2 Å². The van der Waals surface area contributed by atoms with Crippen molar-refractivity contribution in [3.05, 3.63) is 30.3 Å². The number of rotatable bonds is 5. The zero-order chi connectivity index (χ0) is 15.5. The molecule has 0 aromatic heterocycles. The zero-order valence-electron chi connectivity index (χ0n) is 12.7. The van der Waals surface area contributed by atoms with E-state index in [-0.39, 0.29) is 24.2 Å². The number of aliphatic hydroxyl groups excluding tert-OH is 2. The van der Waals surface area contributed by atoms with Crippen molar-refractivity contribution in [1.82, 2.24) is 0 Å². The van der Waals surface area contributed by atoms with Gasteiger partial charge in [0.15, 0.2) is 0 Å². The van der Waals surface area contributed by atoms with Crippen LogP contribution in [0, 0.1) is 5.41 Å². The molecule has 0 spiro atoms. The number of hydrogen-bond donors (Lipinski definition) is 2. The molecule has 1 heterocycles. The van der Waals surface area contributed by atoms with Gasteiger partial charge in [-0.05, 0) is 0 Å². The Labute approximate surface area is 132 Å². The average molecular weight is 359 g/mol. The van der Waals surface area contributed by atoms with Crippen LogP contribution >= 0.6 is 0 Å². The van der Waals surface area contributed by atoms with Gasteiger partial charge in [-0.25, -0.2) is 0 Å². The third-order valence-corrected chi connectivity index (χ3v) is 6.43. The van der Waals surface area contributed by atoms with E-state index in [0.29, 0.717) is 15.0 Å². The summed E-state index contributed by atoms with van der Waals surface area (Å²) in [6.45, 7) is 3.93. The van der Waals surface area contributed by atoms with Crippen LogP contribution < -0.4 is 4.46 Å². The molecule has 1 aromatic carbocycles. The number of aliphatic hydroxyl groups is 2. The van der Waals surface area contributed by atoms with Crippen molar-refractivity contribution in [2.75, 3.05) is 13.7 Å². The van der Waals surface area contributed by atoms with E-state index in [1.807, 2.05) is 18.2 Å². The Morgan fingerprint density at radius 2 is 1.95 bits per heavy atom. The Bertz CT molecular complexity index is 437. The Balaban J connectivity index is 2.09. The van der Waals surface area contributed by atoms with Crippen molar-refractivity contribution in [1.29, 1.82) is 0 Å². The predicted molar refractivity (Wildman–Crippen MR) is 83.0 cm³/mol. The quantitative estimate of drug-likeness (QED) is 0.756. The normalized spacial score (nSPS) is 32.0. The maximum atomic E-state index is 10.3. The minimum absolute atomic E-state index is 0.0387. The van der Waals surface area contributed by atoms with Crippen molar-refractivity contribution in [3.8, 4) is 0 Å². The van der Waals surface area contributed by atoms with Crippen LogP contribution in [-0.4, -0.2) is 63.3 Å². The second-order valence-corrected chi connectivity index (χ2v) is 8.23. The summed E-state index contributed by atoms with van der Waals surface area (Å²) in [4.78, 5) is 0. The molecule has 1 aliphatic rings. The second-order valence-electron chi connectivity index (χ2n) is 5.94. The first kappa shape index (κ1) is 16.9. The van der Waals surface area contributed by atoms with E-state index in [0.717, 1.165) is 5.32 Å². The standard InChI is InChI=1S/C16H24O4Se/c1-16(2)13(10-21-11-7-5-4-6-8-11)20-12(9-17)14(18)15(16)19-3/h4-8,12-15,17-18H,9-10H2,1-3H3/t12-,13-,14+,15-/m1/s1. The summed E-state index contributed by atoms with van der Waals surface area (Å²) in [7, 11) is 1.61. The SMILES string of the molecule is CO[C@@H]1[C@@H](O)[C@@H](CO)O[C@H](C[Se]c2ccccc2)C1(C)C. The summed E-state index contributed by atoms with van der Waals surface area (Å²) in [5, 5.41) is 20.6. The van der Waals surface area contributed by atoms with E-state index in [1.165, 1.54) is 4.46 Å². The van der Waals surface area contributed by atoms with Crippen molar-refractivity contribution in [3.63, 3.8) is 0 Å². The monoisotopic (exact) mass is 360 g/mol. The van der Waals surface area contributed by atoms with Gasteiger partial charge in [0.25, 0.3) is 0 Å². The number of hydrogen-bond acceptors (Lipinski definition) is 4. The van der Waals surface area contributed by atoms with Gasteiger partial charge in [-0.1, -0.05) is 0 Å². The average Bonchev–Trinajstić information content (AvgIpc) is 2.47. The van der Waals surface area contributed by atoms with E-state index in [2.05, 4.69) is 26.0 Å². The topological polar surface area (TPSA) is 58.9 Å². The van der Waals surface area contributed by atoms with Crippen LogP contribution in [0.1, 0.15) is 13.8 Å². The van der Waals surface area contributed by atoms with Gasteiger partial charge in [-0.3, -0.25) is 0 Å². The molecule has 0 aliphatic carbocycles. The number of ether oxygens (including phenoxy) is 2. The Morgan fingerprint density at radius 1 is 1.29 bits per heavy atom. The van der Waals surface area contributed by atoms with Gasteiger partial charge >= 0.3 is 132 Å². The van der Waals surface area contributed by atoms with Gasteiger partial charge in [-0.15, -0.1) is 0 Å². The summed E-state index contributed by atoms with van der Waals surface area (Å²) in [5.41, 5.74) is -0.295. The molecule has 0 radical (unpaired) electrons. The first-order chi connectivity index (χ1) is 10.0. The van der Waals surface area contributed by atoms with Crippen LogP contribution in [-0.2, 0) is 9.47 Å². The van der Waals surface area contributed by atoms with Crippen LogP contribution in [0.3, 0.4) is 0 Å². The molecule has 4 atom stereocenters. The first-order valence-corrected chi connectivity index (χ1v) is 9.22. The van der Waals surface area contributed by atoms with Crippen molar-refractivity contribution >= 4 is 19.4 Å². The molecular weight excluding hydrogens is 335 g/mol. The molecule has 0 saturated carbocycles. The fourth-order valence-corrected chi connectivity index (χ4v) is 5.34. The molecule has 0 amide bonds. The van der Waals surface area contributed by atoms with Crippen molar-refractivity contribution in [2.24, 2.45) is 5.41 Å². The minimum atomic E-state index is -0.796. The fourth-order valence-electron chi connectivity index (χ4n) is 2.82. The van der Waals surface area contributed by atoms with E-state index >= 15 is 0 Å². The molecule has 21 heavy (non-hydrogen) atoms. The van der Waals surface area contributed by atoms with E-state index in [9.17, 15) is 10.2 Å². The first-order valence-electron chi connectivity index (χ1n) is 7.15. The molecule has 1 fully saturated rings. The maximum absolute atomic E-state index is 10.3. The zero-order valence-corrected chi connectivity index (χ0v) is 14.4. The summed E-state index contributed by atoms with van der Waals surface area (Å²) in [6.07, 6.45) is -1.74. The molecule has 1 saturated heterocycles. The van der Waals surface area contributed by atoms with Crippen molar-refractivity contribution in [2.45, 2.75) is 43.6 Å². The molecule has 118 valence electrons. The molecule has 1 aromatic rings. The Hall–Kier alpha value is -0.421. The molecule has 4 nitrogen and oxygen atoms in total. The van der Waals surface area contributed by atoms with Gasteiger partial charge in [0.2, 0.25) is 0 Å². The van der Waals surface area contributed by atoms with Crippen LogP contribution in [0.4, 0.5) is 0 Å². The Kier molecular flexibility index (Phi) is 5.83. The molecule has 1 aliphatic heterocycles. The fraction of sp³-hybridized carbons (Fsp3) is 0.625. The third-order valence-electron chi connectivity index (χ3n) is 4.17. The van der Waals surface area contributed by atoms with Crippen LogP contribution in [0.25, 0.3) is 0 Å². The van der Waals surface area contributed by atoms with Gasteiger partial charge < -0.3 is 0 Å². The predicted octanol–water partition coefficient (Wildman–Crippen LogP) is 0.596.